The number of halogens is 3. The van der Waals surface area contributed by atoms with Gasteiger partial charge in [-0.3, -0.25) is 9.59 Å². The third-order valence-corrected chi connectivity index (χ3v) is 4.76. The van der Waals surface area contributed by atoms with Crippen molar-refractivity contribution in [1.82, 2.24) is 4.90 Å². The van der Waals surface area contributed by atoms with E-state index in [4.69, 9.17) is 5.73 Å². The largest absolute Gasteiger partial charge is 0.408 e. The van der Waals surface area contributed by atoms with Gasteiger partial charge in [-0.05, 0) is 43.5 Å². The normalized spacial score (nSPS) is 24.7. The van der Waals surface area contributed by atoms with E-state index in [1.807, 2.05) is 0 Å². The Morgan fingerprint density at radius 2 is 1.84 bits per heavy atom. The molecule has 0 bridgehead atoms. The number of carbonyl (C=O) groups excluding carboxylic acids is 2. The van der Waals surface area contributed by atoms with Crippen molar-refractivity contribution >= 4 is 17.5 Å². The first kappa shape index (κ1) is 17.7. The Morgan fingerprint density at radius 3 is 2.40 bits per heavy atom. The van der Waals surface area contributed by atoms with Gasteiger partial charge in [-0.25, -0.2) is 0 Å². The number of piperidine rings is 1. The minimum Gasteiger partial charge on any atom is -0.326 e. The second-order valence-corrected chi connectivity index (χ2v) is 6.55. The Labute approximate surface area is 143 Å². The summed E-state index contributed by atoms with van der Waals surface area (Å²) in [6, 6.07) is 3.88. The van der Waals surface area contributed by atoms with E-state index in [1.165, 1.54) is 12.1 Å². The molecule has 25 heavy (non-hydrogen) atoms. The Bertz CT molecular complexity index is 660. The number of alkyl halides is 3. The highest BCUT2D eigenvalue weighted by Crippen LogP contribution is 2.33. The van der Waals surface area contributed by atoms with Gasteiger partial charge in [-0.2, -0.15) is 13.2 Å². The number of hydrogen-bond acceptors (Lipinski definition) is 3. The molecule has 2 aliphatic rings. The highest BCUT2D eigenvalue weighted by Gasteiger charge is 2.47. The lowest BCUT2D eigenvalue weighted by atomic mass is 9.97. The highest BCUT2D eigenvalue weighted by molar-refractivity contribution is 5.97. The first-order valence-electron chi connectivity index (χ1n) is 8.31. The van der Waals surface area contributed by atoms with Crippen molar-refractivity contribution in [3.63, 3.8) is 0 Å². The molecule has 0 spiro atoms. The van der Waals surface area contributed by atoms with Crippen molar-refractivity contribution in [2.45, 2.75) is 43.9 Å². The van der Waals surface area contributed by atoms with Gasteiger partial charge in [-0.1, -0.05) is 0 Å². The van der Waals surface area contributed by atoms with Crippen LogP contribution in [0.3, 0.4) is 0 Å². The van der Waals surface area contributed by atoms with Crippen LogP contribution < -0.4 is 10.6 Å². The van der Waals surface area contributed by atoms with E-state index in [9.17, 15) is 22.8 Å². The molecule has 2 heterocycles. The monoisotopic (exact) mass is 355 g/mol. The van der Waals surface area contributed by atoms with Crippen molar-refractivity contribution in [3.8, 4) is 0 Å². The number of carbonyl (C=O) groups is 2. The van der Waals surface area contributed by atoms with Gasteiger partial charge in [0.1, 0.15) is 6.04 Å². The van der Waals surface area contributed by atoms with Crippen molar-refractivity contribution in [1.29, 1.82) is 0 Å². The molecule has 1 aromatic carbocycles. The summed E-state index contributed by atoms with van der Waals surface area (Å²) >= 11 is 0. The zero-order valence-electron chi connectivity index (χ0n) is 13.6. The third kappa shape index (κ3) is 3.63. The number of nitrogens with zero attached hydrogens (tertiary/aromatic N) is 2. The fourth-order valence-corrected chi connectivity index (χ4v) is 3.43. The molecule has 8 heteroatoms. The molecule has 2 fully saturated rings. The Hall–Kier alpha value is -2.09. The van der Waals surface area contributed by atoms with E-state index in [1.54, 1.807) is 17.0 Å². The lowest BCUT2D eigenvalue weighted by molar-refractivity contribution is -0.184. The molecule has 0 saturated carbocycles. The number of benzene rings is 1. The van der Waals surface area contributed by atoms with Crippen LogP contribution in [0.5, 0.6) is 0 Å². The summed E-state index contributed by atoms with van der Waals surface area (Å²) in [7, 11) is 0. The number of anilines is 1. The molecule has 2 aliphatic heterocycles. The van der Waals surface area contributed by atoms with E-state index < -0.39 is 24.2 Å². The maximum atomic E-state index is 13.2. The molecule has 0 aliphatic carbocycles. The van der Waals surface area contributed by atoms with Gasteiger partial charge in [0.25, 0.3) is 5.91 Å². The molecule has 3 rings (SSSR count). The topological polar surface area (TPSA) is 66.6 Å². The standard InChI is InChI=1S/C17H20F3N3O2/c18-17(19,20)14-8-5-12(21)10-23(14)16(25)11-3-6-13(7-4-11)22-9-1-2-15(22)24/h3-4,6-7,12,14H,1-2,5,8-10,21H2. The molecule has 2 amide bonds. The Morgan fingerprint density at radius 1 is 1.16 bits per heavy atom. The van der Waals surface area contributed by atoms with Crippen LogP contribution in [0.15, 0.2) is 24.3 Å². The average Bonchev–Trinajstić information content (AvgIpc) is 2.99. The quantitative estimate of drug-likeness (QED) is 0.885. The molecule has 0 radical (unpaired) electrons. The SMILES string of the molecule is NC1CCC(C(F)(F)F)N(C(=O)c2ccc(N3CCCC3=O)cc2)C1. The minimum absolute atomic E-state index is 0.0122. The Balaban J connectivity index is 1.80. The summed E-state index contributed by atoms with van der Waals surface area (Å²) in [5.41, 5.74) is 6.58. The molecule has 2 atom stereocenters. The minimum atomic E-state index is -4.47. The number of likely N-dealkylation sites (tertiary alicyclic amines) is 1. The number of amides is 2. The van der Waals surface area contributed by atoms with Crippen LogP contribution in [0.4, 0.5) is 18.9 Å². The lowest BCUT2D eigenvalue weighted by Crippen LogP contribution is -2.56. The summed E-state index contributed by atoms with van der Waals surface area (Å²) in [6.45, 7) is 0.499. The zero-order chi connectivity index (χ0) is 18.2. The molecule has 0 aromatic heterocycles. The van der Waals surface area contributed by atoms with Gasteiger partial charge in [-0.15, -0.1) is 0 Å². The van der Waals surface area contributed by atoms with Crippen LogP contribution in [0, 0.1) is 0 Å². The van der Waals surface area contributed by atoms with E-state index in [2.05, 4.69) is 0 Å². The molecule has 2 saturated heterocycles. The first-order valence-corrected chi connectivity index (χ1v) is 8.31. The molecule has 5 nitrogen and oxygen atoms in total. The second-order valence-electron chi connectivity index (χ2n) is 6.55. The number of nitrogens with two attached hydrogens (primary N) is 1. The van der Waals surface area contributed by atoms with E-state index in [0.29, 0.717) is 18.7 Å². The van der Waals surface area contributed by atoms with Crippen LogP contribution in [-0.2, 0) is 4.79 Å². The molecular formula is C17H20F3N3O2. The van der Waals surface area contributed by atoms with E-state index >= 15 is 0 Å². The third-order valence-electron chi connectivity index (χ3n) is 4.76. The fourth-order valence-electron chi connectivity index (χ4n) is 3.43. The maximum absolute atomic E-state index is 13.2. The Kier molecular flexibility index (Phi) is 4.73. The van der Waals surface area contributed by atoms with Gasteiger partial charge < -0.3 is 15.5 Å². The van der Waals surface area contributed by atoms with Crippen molar-refractivity contribution in [2.24, 2.45) is 5.73 Å². The van der Waals surface area contributed by atoms with Crippen LogP contribution in [0.2, 0.25) is 0 Å². The lowest BCUT2D eigenvalue weighted by Gasteiger charge is -2.39. The summed E-state index contributed by atoms with van der Waals surface area (Å²) in [4.78, 5) is 26.8. The molecule has 136 valence electrons. The summed E-state index contributed by atoms with van der Waals surface area (Å²) in [6.07, 6.45) is -3.16. The van der Waals surface area contributed by atoms with Gasteiger partial charge >= 0.3 is 6.18 Å². The van der Waals surface area contributed by atoms with Crippen LogP contribution in [0.25, 0.3) is 0 Å². The number of hydrogen-bond donors (Lipinski definition) is 1. The number of rotatable bonds is 2. The highest BCUT2D eigenvalue weighted by atomic mass is 19.4. The predicted octanol–water partition coefficient (Wildman–Crippen LogP) is 2.31. The van der Waals surface area contributed by atoms with Gasteiger partial charge in [0.15, 0.2) is 0 Å². The molecular weight excluding hydrogens is 335 g/mol. The predicted molar refractivity (Wildman–Crippen MR) is 86.1 cm³/mol. The summed E-state index contributed by atoms with van der Waals surface area (Å²) in [5.74, 6) is -0.671. The van der Waals surface area contributed by atoms with Crippen molar-refractivity contribution < 1.29 is 22.8 Å². The van der Waals surface area contributed by atoms with Crippen LogP contribution in [0.1, 0.15) is 36.0 Å². The van der Waals surface area contributed by atoms with Gasteiger partial charge in [0, 0.05) is 36.8 Å². The zero-order valence-corrected chi connectivity index (χ0v) is 13.6. The smallest absolute Gasteiger partial charge is 0.326 e. The van der Waals surface area contributed by atoms with Crippen molar-refractivity contribution in [2.75, 3.05) is 18.0 Å². The molecule has 2 N–H and O–H groups in total. The van der Waals surface area contributed by atoms with Crippen molar-refractivity contribution in [3.05, 3.63) is 29.8 Å². The average molecular weight is 355 g/mol. The van der Waals surface area contributed by atoms with Crippen LogP contribution >= 0.6 is 0 Å². The molecule has 2 unspecified atom stereocenters. The van der Waals surface area contributed by atoms with Gasteiger partial charge in [0.05, 0.1) is 0 Å². The van der Waals surface area contributed by atoms with E-state index in [0.717, 1.165) is 11.3 Å². The summed E-state index contributed by atoms with van der Waals surface area (Å²) < 4.78 is 39.7. The molecule has 1 aromatic rings. The van der Waals surface area contributed by atoms with E-state index in [-0.39, 0.29) is 30.9 Å². The maximum Gasteiger partial charge on any atom is 0.408 e. The second kappa shape index (κ2) is 6.67. The van der Waals surface area contributed by atoms with Gasteiger partial charge in [0.2, 0.25) is 5.91 Å². The first-order chi connectivity index (χ1) is 11.8. The summed E-state index contributed by atoms with van der Waals surface area (Å²) in [5, 5.41) is 0. The fraction of sp³-hybridized carbons (Fsp3) is 0.529. The van der Waals surface area contributed by atoms with Crippen LogP contribution in [-0.4, -0.2) is 48.1 Å².